The summed E-state index contributed by atoms with van der Waals surface area (Å²) in [6, 6.07) is 7.80. The molecule has 2 heterocycles. The van der Waals surface area contributed by atoms with Crippen molar-refractivity contribution in [1.29, 1.82) is 0 Å². The maximum Gasteiger partial charge on any atom is 0.243 e. The van der Waals surface area contributed by atoms with Crippen LogP contribution in [0.1, 0.15) is 19.8 Å². The molecule has 0 radical (unpaired) electrons. The van der Waals surface area contributed by atoms with Crippen LogP contribution in [0.2, 0.25) is 0 Å². The van der Waals surface area contributed by atoms with Crippen LogP contribution in [0.25, 0.3) is 11.0 Å². The zero-order valence-electron chi connectivity index (χ0n) is 11.9. The minimum Gasteiger partial charge on any atom is -0.352 e. The van der Waals surface area contributed by atoms with Gasteiger partial charge in [0.1, 0.15) is 5.52 Å². The zero-order valence-corrected chi connectivity index (χ0v) is 11.9. The Bertz CT molecular complexity index is 563. The number of para-hydroxylation sites is 1. The number of benzene rings is 1. The molecule has 0 bridgehead atoms. The van der Waals surface area contributed by atoms with Crippen molar-refractivity contribution < 1.29 is 0 Å². The Balaban J connectivity index is 1.52. The maximum atomic E-state index is 4.47. The summed E-state index contributed by atoms with van der Waals surface area (Å²) < 4.78 is 0. The molecular formula is C15H21N5. The number of likely N-dealkylation sites (tertiary alicyclic amines) is 1. The lowest BCUT2D eigenvalue weighted by Crippen LogP contribution is -2.36. The molecule has 106 valence electrons. The summed E-state index contributed by atoms with van der Waals surface area (Å²) in [7, 11) is 0. The van der Waals surface area contributed by atoms with Gasteiger partial charge in [-0.3, -0.25) is 0 Å². The lowest BCUT2D eigenvalue weighted by atomic mass is 9.99. The van der Waals surface area contributed by atoms with Crippen LogP contribution in [0.4, 0.5) is 5.95 Å². The molecule has 5 nitrogen and oxygen atoms in total. The van der Waals surface area contributed by atoms with Crippen LogP contribution in [-0.4, -0.2) is 46.3 Å². The topological polar surface area (TPSA) is 53.9 Å². The number of piperidine rings is 1. The third-order valence-electron chi connectivity index (χ3n) is 3.95. The van der Waals surface area contributed by atoms with E-state index in [0.717, 1.165) is 30.0 Å². The first kappa shape index (κ1) is 13.2. The van der Waals surface area contributed by atoms with Crippen molar-refractivity contribution in [2.75, 3.05) is 31.5 Å². The van der Waals surface area contributed by atoms with Crippen LogP contribution in [0.15, 0.2) is 24.3 Å². The SMILES string of the molecule is CC1CCN(CCNc2nnc3ccccc3n2)CC1. The lowest BCUT2D eigenvalue weighted by Gasteiger charge is -2.30. The summed E-state index contributed by atoms with van der Waals surface area (Å²) in [5, 5.41) is 11.5. The Kier molecular flexibility index (Phi) is 4.06. The fraction of sp³-hybridized carbons (Fsp3) is 0.533. The van der Waals surface area contributed by atoms with Crippen molar-refractivity contribution in [3.05, 3.63) is 24.3 Å². The summed E-state index contributed by atoms with van der Waals surface area (Å²) in [6.07, 6.45) is 2.63. The first-order valence-electron chi connectivity index (χ1n) is 7.37. The summed E-state index contributed by atoms with van der Waals surface area (Å²) in [6.45, 7) is 6.67. The third kappa shape index (κ3) is 3.22. The van der Waals surface area contributed by atoms with E-state index in [9.17, 15) is 0 Å². The van der Waals surface area contributed by atoms with E-state index in [1.807, 2.05) is 24.3 Å². The van der Waals surface area contributed by atoms with Crippen LogP contribution >= 0.6 is 0 Å². The van der Waals surface area contributed by atoms with Gasteiger partial charge >= 0.3 is 0 Å². The number of hydrogen-bond acceptors (Lipinski definition) is 5. The fourth-order valence-corrected chi connectivity index (χ4v) is 2.57. The van der Waals surface area contributed by atoms with E-state index in [4.69, 9.17) is 0 Å². The second kappa shape index (κ2) is 6.13. The lowest BCUT2D eigenvalue weighted by molar-refractivity contribution is 0.199. The number of rotatable bonds is 4. The molecule has 0 aliphatic carbocycles. The van der Waals surface area contributed by atoms with E-state index >= 15 is 0 Å². The third-order valence-corrected chi connectivity index (χ3v) is 3.95. The monoisotopic (exact) mass is 271 g/mol. The molecular weight excluding hydrogens is 250 g/mol. The van der Waals surface area contributed by atoms with E-state index in [2.05, 4.69) is 32.3 Å². The van der Waals surface area contributed by atoms with Gasteiger partial charge in [-0.15, -0.1) is 10.2 Å². The van der Waals surface area contributed by atoms with Crippen molar-refractivity contribution in [3.8, 4) is 0 Å². The van der Waals surface area contributed by atoms with Crippen LogP contribution in [0.5, 0.6) is 0 Å². The van der Waals surface area contributed by atoms with Crippen molar-refractivity contribution in [1.82, 2.24) is 20.1 Å². The second-order valence-corrected chi connectivity index (χ2v) is 5.58. The fourth-order valence-electron chi connectivity index (χ4n) is 2.57. The molecule has 1 aliphatic rings. The van der Waals surface area contributed by atoms with Gasteiger partial charge in [0.2, 0.25) is 5.95 Å². The summed E-state index contributed by atoms with van der Waals surface area (Å²) in [4.78, 5) is 6.97. The van der Waals surface area contributed by atoms with E-state index < -0.39 is 0 Å². The Hall–Kier alpha value is -1.75. The van der Waals surface area contributed by atoms with Crippen molar-refractivity contribution in [3.63, 3.8) is 0 Å². The average molecular weight is 271 g/mol. The maximum absolute atomic E-state index is 4.47. The molecule has 1 saturated heterocycles. The van der Waals surface area contributed by atoms with Crippen molar-refractivity contribution in [2.45, 2.75) is 19.8 Å². The summed E-state index contributed by atoms with van der Waals surface area (Å²) >= 11 is 0. The van der Waals surface area contributed by atoms with Gasteiger partial charge < -0.3 is 10.2 Å². The van der Waals surface area contributed by atoms with Crippen LogP contribution in [0.3, 0.4) is 0 Å². The quantitative estimate of drug-likeness (QED) is 0.923. The molecule has 2 aromatic rings. The number of fused-ring (bicyclic) bond motifs is 1. The first-order chi connectivity index (χ1) is 9.81. The van der Waals surface area contributed by atoms with Crippen LogP contribution in [-0.2, 0) is 0 Å². The Morgan fingerprint density at radius 1 is 1.15 bits per heavy atom. The number of anilines is 1. The zero-order chi connectivity index (χ0) is 13.8. The smallest absolute Gasteiger partial charge is 0.243 e. The number of nitrogens with one attached hydrogen (secondary N) is 1. The van der Waals surface area contributed by atoms with Gasteiger partial charge in [-0.05, 0) is 44.0 Å². The molecule has 0 atom stereocenters. The van der Waals surface area contributed by atoms with Gasteiger partial charge in [0, 0.05) is 13.1 Å². The predicted molar refractivity (Wildman–Crippen MR) is 80.7 cm³/mol. The van der Waals surface area contributed by atoms with E-state index in [-0.39, 0.29) is 0 Å². The standard InChI is InChI=1S/C15H21N5/c1-12-6-9-20(10-7-12)11-8-16-15-17-13-4-2-3-5-14(13)18-19-15/h2-5,12H,6-11H2,1H3,(H,16,17,19). The molecule has 1 aromatic heterocycles. The van der Waals surface area contributed by atoms with Crippen LogP contribution in [0, 0.1) is 5.92 Å². The normalized spacial score (nSPS) is 17.4. The van der Waals surface area contributed by atoms with Gasteiger partial charge in [-0.1, -0.05) is 19.1 Å². The highest BCUT2D eigenvalue weighted by Crippen LogP contribution is 2.15. The van der Waals surface area contributed by atoms with Gasteiger partial charge in [0.15, 0.2) is 0 Å². The molecule has 0 unspecified atom stereocenters. The Morgan fingerprint density at radius 2 is 1.90 bits per heavy atom. The number of aromatic nitrogens is 3. The average Bonchev–Trinajstić information content (AvgIpc) is 2.49. The highest BCUT2D eigenvalue weighted by atomic mass is 15.2. The van der Waals surface area contributed by atoms with E-state index in [0.29, 0.717) is 5.95 Å². The largest absolute Gasteiger partial charge is 0.352 e. The Labute approximate surface area is 119 Å². The van der Waals surface area contributed by atoms with Crippen molar-refractivity contribution in [2.24, 2.45) is 5.92 Å². The van der Waals surface area contributed by atoms with Crippen LogP contribution < -0.4 is 5.32 Å². The minimum absolute atomic E-state index is 0.620. The molecule has 5 heteroatoms. The summed E-state index contributed by atoms with van der Waals surface area (Å²) in [5.41, 5.74) is 1.72. The van der Waals surface area contributed by atoms with Gasteiger partial charge in [0.05, 0.1) is 5.52 Å². The minimum atomic E-state index is 0.620. The highest BCUT2D eigenvalue weighted by molar-refractivity contribution is 5.73. The molecule has 20 heavy (non-hydrogen) atoms. The Morgan fingerprint density at radius 3 is 2.70 bits per heavy atom. The highest BCUT2D eigenvalue weighted by Gasteiger charge is 2.14. The molecule has 0 spiro atoms. The second-order valence-electron chi connectivity index (χ2n) is 5.58. The van der Waals surface area contributed by atoms with Gasteiger partial charge in [0.25, 0.3) is 0 Å². The van der Waals surface area contributed by atoms with Crippen molar-refractivity contribution >= 4 is 17.0 Å². The molecule has 1 N–H and O–H groups in total. The molecule has 0 saturated carbocycles. The predicted octanol–water partition coefficient (Wildman–Crippen LogP) is 2.17. The first-order valence-corrected chi connectivity index (χ1v) is 7.37. The van der Waals surface area contributed by atoms with E-state index in [1.165, 1.54) is 25.9 Å². The summed E-state index contributed by atoms with van der Waals surface area (Å²) in [5.74, 6) is 1.50. The molecule has 1 aliphatic heterocycles. The van der Waals surface area contributed by atoms with Gasteiger partial charge in [-0.25, -0.2) is 4.98 Å². The molecule has 1 aromatic carbocycles. The number of hydrogen-bond donors (Lipinski definition) is 1. The molecule has 1 fully saturated rings. The molecule has 0 amide bonds. The number of nitrogens with zero attached hydrogens (tertiary/aromatic N) is 4. The van der Waals surface area contributed by atoms with E-state index in [1.54, 1.807) is 0 Å². The van der Waals surface area contributed by atoms with Gasteiger partial charge in [-0.2, -0.15) is 0 Å². The molecule has 3 rings (SSSR count).